The van der Waals surface area contributed by atoms with Gasteiger partial charge < -0.3 is 5.32 Å². The maximum absolute atomic E-state index is 4.43. The Balaban J connectivity index is 1.46. The molecular weight excluding hydrogens is 316 g/mol. The van der Waals surface area contributed by atoms with Crippen molar-refractivity contribution < 1.29 is 0 Å². The van der Waals surface area contributed by atoms with Gasteiger partial charge in [-0.15, -0.1) is 5.10 Å². The van der Waals surface area contributed by atoms with E-state index >= 15 is 0 Å². The van der Waals surface area contributed by atoms with Crippen LogP contribution in [0.25, 0.3) is 5.69 Å². The first-order chi connectivity index (χ1) is 12.3. The highest BCUT2D eigenvalue weighted by atomic mass is 15.4. The molecule has 1 N–H and O–H groups in total. The van der Waals surface area contributed by atoms with E-state index in [0.717, 1.165) is 22.8 Å². The minimum absolute atomic E-state index is 0.637. The van der Waals surface area contributed by atoms with E-state index in [9.17, 15) is 0 Å². The van der Waals surface area contributed by atoms with Crippen molar-refractivity contribution in [3.63, 3.8) is 0 Å². The van der Waals surface area contributed by atoms with E-state index in [-0.39, 0.29) is 0 Å². The Morgan fingerprint density at radius 1 is 1.04 bits per heavy atom. The van der Waals surface area contributed by atoms with Crippen molar-refractivity contribution in [3.8, 4) is 5.69 Å². The largest absolute Gasteiger partial charge is 0.365 e. The van der Waals surface area contributed by atoms with Crippen molar-refractivity contribution in [1.29, 1.82) is 0 Å². The van der Waals surface area contributed by atoms with Gasteiger partial charge in [-0.3, -0.25) is 4.68 Å². The van der Waals surface area contributed by atoms with Crippen LogP contribution in [0.5, 0.6) is 0 Å². The lowest BCUT2D eigenvalue weighted by Crippen LogP contribution is -2.10. The average Bonchev–Trinajstić information content (AvgIpc) is 3.36. The van der Waals surface area contributed by atoms with E-state index < -0.39 is 0 Å². The number of rotatable bonds is 6. The minimum Gasteiger partial charge on any atom is -0.365 e. The van der Waals surface area contributed by atoms with Gasteiger partial charge in [0.2, 0.25) is 0 Å². The Bertz CT molecular complexity index is 950. The number of aromatic nitrogens is 7. The van der Waals surface area contributed by atoms with E-state index in [2.05, 4.69) is 25.8 Å². The molecule has 0 aliphatic rings. The fraction of sp³-hybridized carbons (Fsp3) is 0.176. The topological polar surface area (TPSA) is 78.4 Å². The Hall–Kier alpha value is -3.42. The summed E-state index contributed by atoms with van der Waals surface area (Å²) in [6.07, 6.45) is 7.42. The number of nitrogens with zero attached hydrogens (tertiary/aromatic N) is 7. The van der Waals surface area contributed by atoms with Crippen molar-refractivity contribution in [3.05, 3.63) is 72.4 Å². The van der Waals surface area contributed by atoms with Gasteiger partial charge in [0, 0.05) is 24.9 Å². The zero-order valence-electron chi connectivity index (χ0n) is 13.8. The first-order valence-electron chi connectivity index (χ1n) is 7.98. The van der Waals surface area contributed by atoms with E-state index in [1.807, 2.05) is 65.2 Å². The Morgan fingerprint density at radius 3 is 2.72 bits per heavy atom. The molecule has 0 fully saturated rings. The quantitative estimate of drug-likeness (QED) is 0.582. The number of anilines is 1. The first kappa shape index (κ1) is 15.1. The molecule has 0 atom stereocenters. The van der Waals surface area contributed by atoms with Crippen LogP contribution in [-0.2, 0) is 20.1 Å². The molecule has 0 spiro atoms. The predicted molar refractivity (Wildman–Crippen MR) is 93.2 cm³/mol. The Labute approximate surface area is 144 Å². The summed E-state index contributed by atoms with van der Waals surface area (Å²) < 4.78 is 5.53. The summed E-state index contributed by atoms with van der Waals surface area (Å²) in [6, 6.07) is 12.0. The molecule has 0 saturated heterocycles. The minimum atomic E-state index is 0.637. The number of aryl methyl sites for hydroxylation is 1. The molecule has 4 aromatic rings. The number of hydrogen-bond donors (Lipinski definition) is 1. The summed E-state index contributed by atoms with van der Waals surface area (Å²) in [6.45, 7) is 1.28. The molecule has 3 aromatic heterocycles. The molecule has 8 heteroatoms. The molecule has 0 radical (unpaired) electrons. The van der Waals surface area contributed by atoms with Crippen LogP contribution in [0.4, 0.5) is 5.82 Å². The van der Waals surface area contributed by atoms with Crippen LogP contribution < -0.4 is 5.32 Å². The molecular formula is C17H18N8. The van der Waals surface area contributed by atoms with Crippen molar-refractivity contribution >= 4 is 5.82 Å². The van der Waals surface area contributed by atoms with Crippen LogP contribution in [0.15, 0.2) is 61.2 Å². The fourth-order valence-electron chi connectivity index (χ4n) is 2.60. The van der Waals surface area contributed by atoms with Crippen LogP contribution in [0.3, 0.4) is 0 Å². The summed E-state index contributed by atoms with van der Waals surface area (Å²) in [4.78, 5) is 0. The molecule has 1 aromatic carbocycles. The Kier molecular flexibility index (Phi) is 3.99. The average molecular weight is 334 g/mol. The van der Waals surface area contributed by atoms with Crippen LogP contribution in [0, 0.1) is 0 Å². The molecule has 25 heavy (non-hydrogen) atoms. The standard InChI is InChI=1S/C17H18N8/c1-23-16(11-19-22-23)10-18-17-7-8-20-25(17)13-14-9-21-24(12-14)15-5-3-2-4-6-15/h2-9,11-12,18H,10,13H2,1H3. The van der Waals surface area contributed by atoms with Gasteiger partial charge in [-0.25, -0.2) is 9.36 Å². The monoisotopic (exact) mass is 334 g/mol. The highest BCUT2D eigenvalue weighted by molar-refractivity contribution is 5.35. The third kappa shape index (κ3) is 3.27. The SMILES string of the molecule is Cn1nncc1CNc1ccnn1Cc1cnn(-c2ccccc2)c1. The second kappa shape index (κ2) is 6.60. The summed E-state index contributed by atoms with van der Waals surface area (Å²) in [5.41, 5.74) is 3.12. The highest BCUT2D eigenvalue weighted by Crippen LogP contribution is 2.13. The van der Waals surface area contributed by atoms with Gasteiger partial charge in [0.1, 0.15) is 5.82 Å². The molecule has 8 nitrogen and oxygen atoms in total. The maximum Gasteiger partial charge on any atom is 0.124 e. The lowest BCUT2D eigenvalue weighted by Gasteiger charge is -2.09. The third-order valence-electron chi connectivity index (χ3n) is 3.96. The second-order valence-electron chi connectivity index (χ2n) is 5.71. The van der Waals surface area contributed by atoms with Gasteiger partial charge in [-0.05, 0) is 12.1 Å². The van der Waals surface area contributed by atoms with Gasteiger partial charge in [0.05, 0.1) is 43.1 Å². The number of hydrogen-bond acceptors (Lipinski definition) is 5. The number of para-hydroxylation sites is 1. The lowest BCUT2D eigenvalue weighted by atomic mass is 10.3. The lowest BCUT2D eigenvalue weighted by molar-refractivity contribution is 0.671. The van der Waals surface area contributed by atoms with Crippen LogP contribution >= 0.6 is 0 Å². The van der Waals surface area contributed by atoms with Gasteiger partial charge in [-0.2, -0.15) is 10.2 Å². The van der Waals surface area contributed by atoms with Gasteiger partial charge in [-0.1, -0.05) is 23.4 Å². The molecule has 0 bridgehead atoms. The van der Waals surface area contributed by atoms with Crippen molar-refractivity contribution in [1.82, 2.24) is 34.6 Å². The summed E-state index contributed by atoms with van der Waals surface area (Å²) >= 11 is 0. The molecule has 4 rings (SSSR count). The molecule has 0 unspecified atom stereocenters. The molecule has 0 amide bonds. The fourth-order valence-corrected chi connectivity index (χ4v) is 2.60. The van der Waals surface area contributed by atoms with E-state index in [4.69, 9.17) is 0 Å². The predicted octanol–water partition coefficient (Wildman–Crippen LogP) is 1.86. The van der Waals surface area contributed by atoms with Crippen molar-refractivity contribution in [2.24, 2.45) is 7.05 Å². The normalized spacial score (nSPS) is 10.9. The van der Waals surface area contributed by atoms with Crippen LogP contribution in [0.2, 0.25) is 0 Å². The van der Waals surface area contributed by atoms with Gasteiger partial charge >= 0.3 is 0 Å². The van der Waals surface area contributed by atoms with Crippen molar-refractivity contribution in [2.45, 2.75) is 13.1 Å². The highest BCUT2D eigenvalue weighted by Gasteiger charge is 2.07. The van der Waals surface area contributed by atoms with Gasteiger partial charge in [0.15, 0.2) is 0 Å². The maximum atomic E-state index is 4.43. The molecule has 0 saturated carbocycles. The molecule has 0 aliphatic carbocycles. The number of benzene rings is 1. The van der Waals surface area contributed by atoms with E-state index in [0.29, 0.717) is 13.1 Å². The molecule has 0 aliphatic heterocycles. The van der Waals surface area contributed by atoms with Gasteiger partial charge in [0.25, 0.3) is 0 Å². The third-order valence-corrected chi connectivity index (χ3v) is 3.96. The zero-order valence-corrected chi connectivity index (χ0v) is 13.8. The summed E-state index contributed by atoms with van der Waals surface area (Å²) in [7, 11) is 1.87. The van der Waals surface area contributed by atoms with E-state index in [1.165, 1.54) is 0 Å². The number of nitrogens with one attached hydrogen (secondary N) is 1. The van der Waals surface area contributed by atoms with Crippen LogP contribution in [0.1, 0.15) is 11.3 Å². The van der Waals surface area contributed by atoms with E-state index in [1.54, 1.807) is 17.1 Å². The molecule has 3 heterocycles. The summed E-state index contributed by atoms with van der Waals surface area (Å²) in [5.74, 6) is 0.939. The van der Waals surface area contributed by atoms with Crippen LogP contribution in [-0.4, -0.2) is 34.6 Å². The zero-order chi connectivity index (χ0) is 17.1. The smallest absolute Gasteiger partial charge is 0.124 e. The summed E-state index contributed by atoms with van der Waals surface area (Å²) in [5, 5.41) is 20.0. The van der Waals surface area contributed by atoms with Crippen molar-refractivity contribution in [2.75, 3.05) is 5.32 Å². The Morgan fingerprint density at radius 2 is 1.92 bits per heavy atom. The first-order valence-corrected chi connectivity index (χ1v) is 7.98. The molecule has 126 valence electrons. The second-order valence-corrected chi connectivity index (χ2v) is 5.71.